The minimum Gasteiger partial charge on any atom is -0.465 e. The number of ether oxygens (including phenoxy) is 1. The average Bonchev–Trinajstić information content (AvgIpc) is 2.68. The molecule has 1 aromatic rings. The van der Waals surface area contributed by atoms with Gasteiger partial charge in [-0.2, -0.15) is 0 Å². The minimum atomic E-state index is -0.700. The lowest BCUT2D eigenvalue weighted by Crippen LogP contribution is -2.22. The molecule has 1 heterocycles. The first kappa shape index (κ1) is 11.1. The maximum Gasteiger partial charge on any atom is 0.337 e. The number of amides is 3. The Morgan fingerprint density at radius 3 is 2.35 bits per heavy atom. The highest BCUT2D eigenvalue weighted by molar-refractivity contribution is 6.04. The number of carbonyl (C=O) groups excluding carboxylic acids is 3. The van der Waals surface area contributed by atoms with Crippen LogP contribution in [0.2, 0.25) is 0 Å². The zero-order chi connectivity index (χ0) is 12.4. The van der Waals surface area contributed by atoms with Gasteiger partial charge in [0.1, 0.15) is 6.04 Å². The average molecular weight is 234 g/mol. The maximum absolute atomic E-state index is 11.4. The molecule has 2 rings (SSSR count). The van der Waals surface area contributed by atoms with Gasteiger partial charge in [0.25, 0.3) is 5.91 Å². The Kier molecular flexibility index (Phi) is 2.78. The van der Waals surface area contributed by atoms with Gasteiger partial charge in [0.05, 0.1) is 12.7 Å². The molecule has 0 radical (unpaired) electrons. The monoisotopic (exact) mass is 234 g/mol. The summed E-state index contributed by atoms with van der Waals surface area (Å²) >= 11 is 0. The highest BCUT2D eigenvalue weighted by Crippen LogP contribution is 2.17. The standard InChI is InChI=1S/C11H10N2O4/c1-17-10(15)7-4-2-6(3-5-7)8-9(14)13-11(16)12-8/h2-5,8H,1H3,(H2,12,13,14,16). The Hall–Kier alpha value is -2.37. The van der Waals surface area contributed by atoms with Gasteiger partial charge in [0, 0.05) is 0 Å². The summed E-state index contributed by atoms with van der Waals surface area (Å²) in [5.41, 5.74) is 1.00. The molecule has 1 fully saturated rings. The van der Waals surface area contributed by atoms with E-state index in [4.69, 9.17) is 0 Å². The molecule has 0 aliphatic carbocycles. The van der Waals surface area contributed by atoms with Crippen LogP contribution in [0.4, 0.5) is 4.79 Å². The molecule has 0 spiro atoms. The number of carbonyl (C=O) groups is 3. The smallest absolute Gasteiger partial charge is 0.337 e. The molecule has 6 heteroatoms. The van der Waals surface area contributed by atoms with Crippen molar-refractivity contribution in [1.82, 2.24) is 10.6 Å². The fraction of sp³-hybridized carbons (Fsp3) is 0.182. The Morgan fingerprint density at radius 1 is 1.24 bits per heavy atom. The molecule has 3 amide bonds. The molecule has 1 unspecified atom stereocenters. The van der Waals surface area contributed by atoms with E-state index in [1.54, 1.807) is 24.3 Å². The summed E-state index contributed by atoms with van der Waals surface area (Å²) in [7, 11) is 1.29. The predicted molar refractivity (Wildman–Crippen MR) is 57.2 cm³/mol. The zero-order valence-electron chi connectivity index (χ0n) is 9.02. The summed E-state index contributed by atoms with van der Waals surface area (Å²) in [4.78, 5) is 33.5. The fourth-order valence-electron chi connectivity index (χ4n) is 1.58. The van der Waals surface area contributed by atoms with Crippen molar-refractivity contribution in [2.45, 2.75) is 6.04 Å². The van der Waals surface area contributed by atoms with Gasteiger partial charge in [0.2, 0.25) is 0 Å². The van der Waals surface area contributed by atoms with E-state index in [0.29, 0.717) is 11.1 Å². The predicted octanol–water partition coefficient (Wildman–Crippen LogP) is 0.354. The second kappa shape index (κ2) is 4.25. The Labute approximate surface area is 96.9 Å². The van der Waals surface area contributed by atoms with Gasteiger partial charge < -0.3 is 10.1 Å². The lowest BCUT2D eigenvalue weighted by molar-refractivity contribution is -0.120. The SMILES string of the molecule is COC(=O)c1ccc(C2NC(=O)NC2=O)cc1. The Morgan fingerprint density at radius 2 is 1.88 bits per heavy atom. The van der Waals surface area contributed by atoms with Gasteiger partial charge in [-0.3, -0.25) is 10.1 Å². The molecular formula is C11H10N2O4. The topological polar surface area (TPSA) is 84.5 Å². The number of esters is 1. The van der Waals surface area contributed by atoms with Gasteiger partial charge in [-0.15, -0.1) is 0 Å². The second-order valence-electron chi connectivity index (χ2n) is 3.51. The molecule has 0 bridgehead atoms. The number of nitrogens with one attached hydrogen (secondary N) is 2. The normalized spacial score (nSPS) is 18.5. The second-order valence-corrected chi connectivity index (χ2v) is 3.51. The Balaban J connectivity index is 2.21. The van der Waals surface area contributed by atoms with Crippen LogP contribution in [0.1, 0.15) is 22.0 Å². The van der Waals surface area contributed by atoms with Crippen LogP contribution in [0, 0.1) is 0 Å². The van der Waals surface area contributed by atoms with E-state index < -0.39 is 23.9 Å². The van der Waals surface area contributed by atoms with Crippen molar-refractivity contribution in [3.05, 3.63) is 35.4 Å². The number of benzene rings is 1. The number of hydrogen-bond donors (Lipinski definition) is 2. The molecule has 0 aromatic heterocycles. The van der Waals surface area contributed by atoms with Crippen molar-refractivity contribution >= 4 is 17.9 Å². The van der Waals surface area contributed by atoms with Crippen molar-refractivity contribution in [3.63, 3.8) is 0 Å². The van der Waals surface area contributed by atoms with Crippen LogP contribution in [0.15, 0.2) is 24.3 Å². The fourth-order valence-corrected chi connectivity index (χ4v) is 1.58. The first-order chi connectivity index (χ1) is 8.11. The van der Waals surface area contributed by atoms with Gasteiger partial charge in [-0.25, -0.2) is 9.59 Å². The lowest BCUT2D eigenvalue weighted by Gasteiger charge is -2.07. The molecule has 0 saturated carbocycles. The van der Waals surface area contributed by atoms with Crippen molar-refractivity contribution < 1.29 is 19.1 Å². The number of rotatable bonds is 2. The summed E-state index contributed by atoms with van der Waals surface area (Å²) < 4.78 is 4.55. The summed E-state index contributed by atoms with van der Waals surface area (Å²) in [5, 5.41) is 4.60. The van der Waals surface area contributed by atoms with Crippen LogP contribution < -0.4 is 10.6 Å². The molecule has 1 aliphatic rings. The molecule has 1 atom stereocenters. The van der Waals surface area contributed by atoms with Gasteiger partial charge in [0.15, 0.2) is 0 Å². The van der Waals surface area contributed by atoms with Crippen LogP contribution >= 0.6 is 0 Å². The summed E-state index contributed by atoms with van der Waals surface area (Å²) in [5.74, 6) is -0.850. The molecule has 88 valence electrons. The molecule has 2 N–H and O–H groups in total. The van der Waals surface area contributed by atoms with Gasteiger partial charge in [-0.1, -0.05) is 12.1 Å². The van der Waals surface area contributed by atoms with Crippen molar-refractivity contribution in [3.8, 4) is 0 Å². The third kappa shape index (κ3) is 2.10. The molecule has 6 nitrogen and oxygen atoms in total. The highest BCUT2D eigenvalue weighted by Gasteiger charge is 2.30. The van der Waals surface area contributed by atoms with Crippen molar-refractivity contribution in [2.75, 3.05) is 7.11 Å². The van der Waals surface area contributed by atoms with E-state index in [1.807, 2.05) is 0 Å². The third-order valence-corrected chi connectivity index (χ3v) is 2.44. The van der Waals surface area contributed by atoms with E-state index in [9.17, 15) is 14.4 Å². The number of imide groups is 1. The van der Waals surface area contributed by atoms with Gasteiger partial charge in [-0.05, 0) is 17.7 Å². The first-order valence-electron chi connectivity index (χ1n) is 4.91. The molecule has 1 aliphatic heterocycles. The molecular weight excluding hydrogens is 224 g/mol. The Bertz CT molecular complexity index is 481. The van der Waals surface area contributed by atoms with Gasteiger partial charge >= 0.3 is 12.0 Å². The van der Waals surface area contributed by atoms with Crippen LogP contribution in [-0.2, 0) is 9.53 Å². The van der Waals surface area contributed by atoms with Crippen molar-refractivity contribution in [2.24, 2.45) is 0 Å². The maximum atomic E-state index is 11.4. The zero-order valence-corrected chi connectivity index (χ0v) is 9.02. The highest BCUT2D eigenvalue weighted by atomic mass is 16.5. The largest absolute Gasteiger partial charge is 0.465 e. The van der Waals surface area contributed by atoms with E-state index in [0.717, 1.165) is 0 Å². The van der Waals surface area contributed by atoms with Crippen LogP contribution in [0.25, 0.3) is 0 Å². The minimum absolute atomic E-state index is 0.390. The van der Waals surface area contributed by atoms with E-state index in [1.165, 1.54) is 7.11 Å². The summed E-state index contributed by atoms with van der Waals surface area (Å²) in [6.07, 6.45) is 0. The molecule has 1 aromatic carbocycles. The lowest BCUT2D eigenvalue weighted by atomic mass is 10.1. The van der Waals surface area contributed by atoms with E-state index in [2.05, 4.69) is 15.4 Å². The van der Waals surface area contributed by atoms with Crippen molar-refractivity contribution in [1.29, 1.82) is 0 Å². The van der Waals surface area contributed by atoms with Crippen LogP contribution in [0.5, 0.6) is 0 Å². The first-order valence-corrected chi connectivity index (χ1v) is 4.91. The number of urea groups is 1. The van der Waals surface area contributed by atoms with E-state index >= 15 is 0 Å². The number of methoxy groups -OCH3 is 1. The molecule has 17 heavy (non-hydrogen) atoms. The summed E-state index contributed by atoms with van der Waals surface area (Å²) in [6.45, 7) is 0. The van der Waals surface area contributed by atoms with E-state index in [-0.39, 0.29) is 0 Å². The molecule has 1 saturated heterocycles. The van der Waals surface area contributed by atoms with Crippen LogP contribution in [0.3, 0.4) is 0 Å². The van der Waals surface area contributed by atoms with Crippen LogP contribution in [-0.4, -0.2) is 25.0 Å². The number of hydrogen-bond acceptors (Lipinski definition) is 4. The quantitative estimate of drug-likeness (QED) is 0.571. The summed E-state index contributed by atoms with van der Waals surface area (Å²) in [6, 6.07) is 5.06. The third-order valence-electron chi connectivity index (χ3n) is 2.44.